The van der Waals surface area contributed by atoms with Crippen molar-refractivity contribution in [2.45, 2.75) is 26.8 Å². The largest absolute Gasteiger partial charge is 0.326 e. The summed E-state index contributed by atoms with van der Waals surface area (Å²) in [5.41, 5.74) is 2.15. The number of likely N-dealkylation sites (N-methyl/N-ethyl adjacent to an activating group) is 1. The van der Waals surface area contributed by atoms with Crippen molar-refractivity contribution in [3.05, 3.63) is 58.9 Å². The van der Waals surface area contributed by atoms with Gasteiger partial charge >= 0.3 is 0 Å². The van der Waals surface area contributed by atoms with Gasteiger partial charge in [0, 0.05) is 24.3 Å². The first-order valence-corrected chi connectivity index (χ1v) is 9.04. The Balaban J connectivity index is 1.99. The lowest BCUT2D eigenvalue weighted by Crippen LogP contribution is -2.35. The van der Waals surface area contributed by atoms with E-state index in [2.05, 4.69) is 10.6 Å². The van der Waals surface area contributed by atoms with Gasteiger partial charge in [-0.1, -0.05) is 24.6 Å². The van der Waals surface area contributed by atoms with Gasteiger partial charge < -0.3 is 10.6 Å². The van der Waals surface area contributed by atoms with E-state index in [0.29, 0.717) is 17.9 Å². The lowest BCUT2D eigenvalue weighted by atomic mass is 10.1. The zero-order valence-electron chi connectivity index (χ0n) is 15.6. The molecule has 0 aliphatic rings. The number of hydrogen-bond acceptors (Lipinski definition) is 3. The topological polar surface area (TPSA) is 61.4 Å². The molecular weight excluding hydrogens is 369 g/mol. The molecule has 0 fully saturated rings. The van der Waals surface area contributed by atoms with E-state index in [1.54, 1.807) is 36.4 Å². The van der Waals surface area contributed by atoms with Crippen molar-refractivity contribution >= 4 is 34.8 Å². The summed E-state index contributed by atoms with van der Waals surface area (Å²) in [4.78, 5) is 25.4. The van der Waals surface area contributed by atoms with Crippen LogP contribution in [-0.2, 0) is 9.59 Å². The smallest absolute Gasteiger partial charge is 0.238 e. The molecule has 1 unspecified atom stereocenters. The van der Waals surface area contributed by atoms with Crippen LogP contribution in [0.3, 0.4) is 0 Å². The van der Waals surface area contributed by atoms with Gasteiger partial charge in [0.05, 0.1) is 11.6 Å². The molecule has 2 rings (SSSR count). The van der Waals surface area contributed by atoms with Crippen LogP contribution in [0.2, 0.25) is 5.02 Å². The Morgan fingerprint density at radius 3 is 2.22 bits per heavy atom. The molecule has 0 heterocycles. The Morgan fingerprint density at radius 1 is 1.11 bits per heavy atom. The maximum atomic E-state index is 13.4. The third-order valence-corrected chi connectivity index (χ3v) is 4.51. The number of nitrogens with zero attached hydrogens (tertiary/aromatic N) is 1. The van der Waals surface area contributed by atoms with Crippen molar-refractivity contribution in [3.8, 4) is 0 Å². The van der Waals surface area contributed by atoms with Gasteiger partial charge in [0.1, 0.15) is 5.82 Å². The average molecular weight is 392 g/mol. The summed E-state index contributed by atoms with van der Waals surface area (Å²) < 4.78 is 13.4. The zero-order valence-corrected chi connectivity index (χ0v) is 16.3. The second-order valence-corrected chi connectivity index (χ2v) is 6.63. The summed E-state index contributed by atoms with van der Waals surface area (Å²) in [5, 5.41) is 5.57. The molecule has 0 saturated heterocycles. The number of nitrogens with one attached hydrogen (secondary N) is 2. The predicted octanol–water partition coefficient (Wildman–Crippen LogP) is 4.46. The third-order valence-electron chi connectivity index (χ3n) is 4.22. The van der Waals surface area contributed by atoms with E-state index >= 15 is 0 Å². The third kappa shape index (κ3) is 6.05. The molecule has 0 aliphatic heterocycles. The lowest BCUT2D eigenvalue weighted by Gasteiger charge is -2.27. The van der Waals surface area contributed by atoms with Crippen LogP contribution >= 0.6 is 11.6 Å². The highest BCUT2D eigenvalue weighted by atomic mass is 35.5. The van der Waals surface area contributed by atoms with Gasteiger partial charge in [-0.15, -0.1) is 0 Å². The van der Waals surface area contributed by atoms with Crippen LogP contribution in [0.1, 0.15) is 32.4 Å². The first-order valence-electron chi connectivity index (χ1n) is 8.66. The SMILES string of the molecule is CCN(CC(=O)Nc1ccc(NC(C)=O)cc1)C(C)c1ccc(F)c(Cl)c1. The number of benzene rings is 2. The minimum absolute atomic E-state index is 0.0686. The highest BCUT2D eigenvalue weighted by molar-refractivity contribution is 6.30. The maximum absolute atomic E-state index is 13.4. The Bertz CT molecular complexity index is 811. The summed E-state index contributed by atoms with van der Waals surface area (Å²) in [6, 6.07) is 11.4. The van der Waals surface area contributed by atoms with Crippen LogP contribution in [0.25, 0.3) is 0 Å². The van der Waals surface area contributed by atoms with E-state index in [0.717, 1.165) is 5.56 Å². The van der Waals surface area contributed by atoms with Crippen LogP contribution in [0.5, 0.6) is 0 Å². The number of hydrogen-bond donors (Lipinski definition) is 2. The van der Waals surface area contributed by atoms with Crippen molar-refractivity contribution < 1.29 is 14.0 Å². The number of halogens is 2. The van der Waals surface area contributed by atoms with Crippen LogP contribution in [0.15, 0.2) is 42.5 Å². The molecule has 2 amide bonds. The number of carbonyl (C=O) groups is 2. The highest BCUT2D eigenvalue weighted by Crippen LogP contribution is 2.25. The van der Waals surface area contributed by atoms with Crippen molar-refractivity contribution in [1.29, 1.82) is 0 Å². The second kappa shape index (κ2) is 9.48. The number of amides is 2. The Labute approximate surface area is 163 Å². The first-order chi connectivity index (χ1) is 12.8. The van der Waals surface area contributed by atoms with E-state index in [9.17, 15) is 14.0 Å². The standard InChI is InChI=1S/C20H23ClFN3O2/c1-4-25(13(2)15-5-10-19(22)18(21)11-15)12-20(27)24-17-8-6-16(7-9-17)23-14(3)26/h5-11,13H,4,12H2,1-3H3,(H,23,26)(H,24,27). The van der Waals surface area contributed by atoms with Gasteiger partial charge in [0.25, 0.3) is 0 Å². The van der Waals surface area contributed by atoms with Gasteiger partial charge in [0.2, 0.25) is 11.8 Å². The van der Waals surface area contributed by atoms with Crippen LogP contribution in [0.4, 0.5) is 15.8 Å². The molecule has 0 bridgehead atoms. The quantitative estimate of drug-likeness (QED) is 0.732. The lowest BCUT2D eigenvalue weighted by molar-refractivity contribution is -0.118. The molecule has 2 aromatic carbocycles. The van der Waals surface area contributed by atoms with E-state index in [1.807, 2.05) is 18.7 Å². The summed E-state index contributed by atoms with van der Waals surface area (Å²) in [5.74, 6) is -0.777. The van der Waals surface area contributed by atoms with Crippen molar-refractivity contribution in [3.63, 3.8) is 0 Å². The molecule has 0 radical (unpaired) electrons. The van der Waals surface area contributed by atoms with Gasteiger partial charge in [-0.3, -0.25) is 14.5 Å². The minimum Gasteiger partial charge on any atom is -0.326 e. The molecule has 2 aromatic rings. The molecule has 27 heavy (non-hydrogen) atoms. The van der Waals surface area contributed by atoms with E-state index in [1.165, 1.54) is 13.0 Å². The summed E-state index contributed by atoms with van der Waals surface area (Å²) in [7, 11) is 0. The molecule has 5 nitrogen and oxygen atoms in total. The molecule has 0 aromatic heterocycles. The van der Waals surface area contributed by atoms with E-state index in [4.69, 9.17) is 11.6 Å². The van der Waals surface area contributed by atoms with E-state index in [-0.39, 0.29) is 29.4 Å². The van der Waals surface area contributed by atoms with Crippen molar-refractivity contribution in [1.82, 2.24) is 4.90 Å². The summed E-state index contributed by atoms with van der Waals surface area (Å²) >= 11 is 5.86. The fraction of sp³-hybridized carbons (Fsp3) is 0.300. The molecule has 2 N–H and O–H groups in total. The predicted molar refractivity (Wildman–Crippen MR) is 106 cm³/mol. The summed E-state index contributed by atoms with van der Waals surface area (Å²) in [6.45, 7) is 6.16. The Kier molecular flexibility index (Phi) is 7.33. The number of anilines is 2. The van der Waals surface area contributed by atoms with Crippen molar-refractivity contribution in [2.75, 3.05) is 23.7 Å². The number of carbonyl (C=O) groups excluding carboxylic acids is 2. The monoisotopic (exact) mass is 391 g/mol. The minimum atomic E-state index is -0.462. The van der Waals surface area contributed by atoms with Crippen LogP contribution in [0, 0.1) is 5.82 Å². The molecule has 0 saturated carbocycles. The Hall–Kier alpha value is -2.44. The maximum Gasteiger partial charge on any atom is 0.238 e. The second-order valence-electron chi connectivity index (χ2n) is 6.22. The van der Waals surface area contributed by atoms with E-state index < -0.39 is 5.82 Å². The number of rotatable bonds is 7. The van der Waals surface area contributed by atoms with Gasteiger partial charge in [-0.05, 0) is 55.4 Å². The zero-order chi connectivity index (χ0) is 20.0. The van der Waals surface area contributed by atoms with Crippen molar-refractivity contribution in [2.24, 2.45) is 0 Å². The highest BCUT2D eigenvalue weighted by Gasteiger charge is 2.18. The van der Waals surface area contributed by atoms with Crippen LogP contribution in [-0.4, -0.2) is 29.8 Å². The van der Waals surface area contributed by atoms with Crippen LogP contribution < -0.4 is 10.6 Å². The first kappa shape index (κ1) is 20.9. The summed E-state index contributed by atoms with van der Waals surface area (Å²) in [6.07, 6.45) is 0. The molecule has 0 spiro atoms. The molecule has 0 aliphatic carbocycles. The fourth-order valence-corrected chi connectivity index (χ4v) is 2.92. The molecule has 144 valence electrons. The average Bonchev–Trinajstić information content (AvgIpc) is 2.62. The Morgan fingerprint density at radius 2 is 1.70 bits per heavy atom. The van der Waals surface area contributed by atoms with Gasteiger partial charge in [-0.2, -0.15) is 0 Å². The molecule has 7 heteroatoms. The van der Waals surface area contributed by atoms with Gasteiger partial charge in [-0.25, -0.2) is 4.39 Å². The molecular formula is C20H23ClFN3O2. The van der Waals surface area contributed by atoms with Gasteiger partial charge in [0.15, 0.2) is 0 Å². The fourth-order valence-electron chi connectivity index (χ4n) is 2.73. The normalized spacial score (nSPS) is 11.9. The molecule has 1 atom stereocenters.